The standard InChI is InChI=1S/C23H28N6O3/c1-16-15-17(2)29(25-16)22-24-20-19(21(30)28(13-14-32-4)23(31)26(20)3)27(22)12-8-11-18-9-6-5-7-10-18/h5-7,9-10,15H,8,11-14H2,1-4H3. The van der Waals surface area contributed by atoms with E-state index in [9.17, 15) is 9.59 Å². The Balaban J connectivity index is 1.87. The van der Waals surface area contributed by atoms with Crippen LogP contribution in [-0.2, 0) is 31.3 Å². The lowest BCUT2D eigenvalue weighted by Gasteiger charge is -2.11. The number of aryl methyl sites for hydroxylation is 5. The molecule has 0 aliphatic heterocycles. The molecule has 0 amide bonds. The molecule has 0 atom stereocenters. The third-order valence-electron chi connectivity index (χ3n) is 5.62. The number of hydrogen-bond acceptors (Lipinski definition) is 5. The van der Waals surface area contributed by atoms with Gasteiger partial charge in [-0.2, -0.15) is 10.1 Å². The van der Waals surface area contributed by atoms with Crippen molar-refractivity contribution in [2.24, 2.45) is 7.05 Å². The Labute approximate surface area is 185 Å². The highest BCUT2D eigenvalue weighted by Gasteiger charge is 2.22. The predicted molar refractivity (Wildman–Crippen MR) is 122 cm³/mol. The second kappa shape index (κ2) is 8.96. The first-order valence-electron chi connectivity index (χ1n) is 10.7. The van der Waals surface area contributed by atoms with Crippen LogP contribution in [0, 0.1) is 13.8 Å². The first-order valence-corrected chi connectivity index (χ1v) is 10.7. The zero-order valence-corrected chi connectivity index (χ0v) is 18.9. The Morgan fingerprint density at radius 2 is 1.78 bits per heavy atom. The number of ether oxygens (including phenoxy) is 1. The van der Waals surface area contributed by atoms with Gasteiger partial charge in [-0.25, -0.2) is 9.48 Å². The molecule has 0 bridgehead atoms. The molecule has 0 aliphatic carbocycles. The van der Waals surface area contributed by atoms with Gasteiger partial charge in [0, 0.05) is 26.4 Å². The minimum atomic E-state index is -0.409. The van der Waals surface area contributed by atoms with Gasteiger partial charge in [-0.05, 0) is 38.3 Å². The molecule has 0 spiro atoms. The fourth-order valence-corrected chi connectivity index (χ4v) is 4.03. The zero-order chi connectivity index (χ0) is 22.8. The molecule has 9 nitrogen and oxygen atoms in total. The summed E-state index contributed by atoms with van der Waals surface area (Å²) in [5.74, 6) is 0.537. The Morgan fingerprint density at radius 1 is 1.03 bits per heavy atom. The second-order valence-corrected chi connectivity index (χ2v) is 7.95. The number of methoxy groups -OCH3 is 1. The van der Waals surface area contributed by atoms with Gasteiger partial charge in [-0.15, -0.1) is 0 Å². The molecule has 0 fully saturated rings. The fourth-order valence-electron chi connectivity index (χ4n) is 4.03. The zero-order valence-electron chi connectivity index (χ0n) is 18.9. The van der Waals surface area contributed by atoms with Crippen LogP contribution in [-0.4, -0.2) is 42.2 Å². The van der Waals surface area contributed by atoms with Crippen LogP contribution >= 0.6 is 0 Å². The third-order valence-corrected chi connectivity index (χ3v) is 5.62. The maximum atomic E-state index is 13.4. The molecule has 0 N–H and O–H groups in total. The Kier molecular flexibility index (Phi) is 6.09. The lowest BCUT2D eigenvalue weighted by atomic mass is 10.1. The van der Waals surface area contributed by atoms with Gasteiger partial charge in [-0.1, -0.05) is 30.3 Å². The largest absolute Gasteiger partial charge is 0.383 e. The highest BCUT2D eigenvalue weighted by molar-refractivity contribution is 5.72. The van der Waals surface area contributed by atoms with Crippen molar-refractivity contribution in [3.05, 3.63) is 74.2 Å². The van der Waals surface area contributed by atoms with Gasteiger partial charge in [0.2, 0.25) is 5.95 Å². The maximum Gasteiger partial charge on any atom is 0.332 e. The molecule has 32 heavy (non-hydrogen) atoms. The van der Waals surface area contributed by atoms with Crippen LogP contribution in [0.15, 0.2) is 46.0 Å². The molecule has 3 aromatic heterocycles. The summed E-state index contributed by atoms with van der Waals surface area (Å²) in [6.45, 7) is 4.88. The fraction of sp³-hybridized carbons (Fsp3) is 0.391. The summed E-state index contributed by atoms with van der Waals surface area (Å²) in [6.07, 6.45) is 1.67. The maximum absolute atomic E-state index is 13.4. The monoisotopic (exact) mass is 436 g/mol. The van der Waals surface area contributed by atoms with Crippen LogP contribution < -0.4 is 11.2 Å². The summed E-state index contributed by atoms with van der Waals surface area (Å²) in [6, 6.07) is 12.2. The van der Waals surface area contributed by atoms with E-state index in [-0.39, 0.29) is 18.7 Å². The van der Waals surface area contributed by atoms with Crippen molar-refractivity contribution in [1.82, 2.24) is 28.5 Å². The topological polar surface area (TPSA) is 88.9 Å². The molecule has 3 heterocycles. The van der Waals surface area contributed by atoms with Crippen molar-refractivity contribution in [3.63, 3.8) is 0 Å². The Hall–Kier alpha value is -3.46. The second-order valence-electron chi connectivity index (χ2n) is 7.95. The van der Waals surface area contributed by atoms with E-state index in [1.807, 2.05) is 42.7 Å². The number of rotatable bonds is 8. The quantitative estimate of drug-likeness (QED) is 0.421. The van der Waals surface area contributed by atoms with Gasteiger partial charge >= 0.3 is 5.69 Å². The first-order chi connectivity index (χ1) is 15.4. The average molecular weight is 437 g/mol. The first kappa shape index (κ1) is 21.8. The number of hydrogen-bond donors (Lipinski definition) is 0. The van der Waals surface area contributed by atoms with E-state index in [1.54, 1.807) is 18.8 Å². The number of nitrogens with zero attached hydrogens (tertiary/aromatic N) is 6. The summed E-state index contributed by atoms with van der Waals surface area (Å²) in [4.78, 5) is 30.9. The van der Waals surface area contributed by atoms with E-state index in [1.165, 1.54) is 14.7 Å². The van der Waals surface area contributed by atoms with Crippen molar-refractivity contribution < 1.29 is 4.74 Å². The van der Waals surface area contributed by atoms with Crippen LogP contribution in [0.25, 0.3) is 17.1 Å². The highest BCUT2D eigenvalue weighted by Crippen LogP contribution is 2.18. The molecule has 0 aliphatic rings. The predicted octanol–water partition coefficient (Wildman–Crippen LogP) is 1.98. The van der Waals surface area contributed by atoms with Gasteiger partial charge in [-0.3, -0.25) is 13.9 Å². The van der Waals surface area contributed by atoms with Crippen LogP contribution in [0.2, 0.25) is 0 Å². The van der Waals surface area contributed by atoms with Gasteiger partial charge in [0.15, 0.2) is 11.2 Å². The van der Waals surface area contributed by atoms with E-state index < -0.39 is 5.69 Å². The van der Waals surface area contributed by atoms with Crippen LogP contribution in [0.1, 0.15) is 23.4 Å². The third kappa shape index (κ3) is 3.91. The molecular formula is C23H28N6O3. The molecule has 1 aromatic carbocycles. The molecular weight excluding hydrogens is 408 g/mol. The van der Waals surface area contributed by atoms with Crippen LogP contribution in [0.4, 0.5) is 0 Å². The van der Waals surface area contributed by atoms with E-state index in [0.717, 1.165) is 24.2 Å². The molecule has 0 unspecified atom stereocenters. The minimum absolute atomic E-state index is 0.183. The van der Waals surface area contributed by atoms with E-state index in [4.69, 9.17) is 9.72 Å². The summed E-state index contributed by atoms with van der Waals surface area (Å²) in [5, 5.41) is 4.57. The number of fused-ring (bicyclic) bond motifs is 1. The van der Waals surface area contributed by atoms with Crippen LogP contribution in [0.3, 0.4) is 0 Å². The van der Waals surface area contributed by atoms with Crippen molar-refractivity contribution in [3.8, 4) is 5.95 Å². The molecule has 0 saturated heterocycles. The SMILES string of the molecule is COCCn1c(=O)c2c(nc(-n3nc(C)cc3C)n2CCCc2ccccc2)n(C)c1=O. The molecule has 0 radical (unpaired) electrons. The van der Waals surface area contributed by atoms with Gasteiger partial charge < -0.3 is 9.30 Å². The van der Waals surface area contributed by atoms with Gasteiger partial charge in [0.25, 0.3) is 5.56 Å². The smallest absolute Gasteiger partial charge is 0.332 e. The Bertz CT molecular complexity index is 1360. The number of imidazole rings is 1. The summed E-state index contributed by atoms with van der Waals surface area (Å²) in [5.41, 5.74) is 2.99. The molecule has 9 heteroatoms. The van der Waals surface area contributed by atoms with E-state index in [2.05, 4.69) is 17.2 Å². The normalized spacial score (nSPS) is 11.5. The van der Waals surface area contributed by atoms with E-state index in [0.29, 0.717) is 23.7 Å². The molecule has 0 saturated carbocycles. The number of benzene rings is 1. The number of aromatic nitrogens is 6. The summed E-state index contributed by atoms with van der Waals surface area (Å²) < 4.78 is 11.4. The van der Waals surface area contributed by atoms with Crippen molar-refractivity contribution >= 4 is 11.2 Å². The van der Waals surface area contributed by atoms with Gasteiger partial charge in [0.1, 0.15) is 0 Å². The van der Waals surface area contributed by atoms with Crippen molar-refractivity contribution in [1.29, 1.82) is 0 Å². The summed E-state index contributed by atoms with van der Waals surface area (Å²) >= 11 is 0. The molecule has 4 rings (SSSR count). The van der Waals surface area contributed by atoms with Crippen LogP contribution in [0.5, 0.6) is 0 Å². The van der Waals surface area contributed by atoms with Crippen molar-refractivity contribution in [2.45, 2.75) is 39.8 Å². The van der Waals surface area contributed by atoms with Crippen molar-refractivity contribution in [2.75, 3.05) is 13.7 Å². The summed E-state index contributed by atoms with van der Waals surface area (Å²) in [7, 11) is 3.18. The minimum Gasteiger partial charge on any atom is -0.383 e. The Morgan fingerprint density at radius 3 is 2.44 bits per heavy atom. The molecule has 4 aromatic rings. The lowest BCUT2D eigenvalue weighted by molar-refractivity contribution is 0.184. The molecule has 168 valence electrons. The average Bonchev–Trinajstić information content (AvgIpc) is 3.32. The highest BCUT2D eigenvalue weighted by atomic mass is 16.5. The van der Waals surface area contributed by atoms with E-state index >= 15 is 0 Å². The lowest BCUT2D eigenvalue weighted by Crippen LogP contribution is -2.40. The van der Waals surface area contributed by atoms with Gasteiger partial charge in [0.05, 0.1) is 18.8 Å².